The Balaban J connectivity index is 2.13. The lowest BCUT2D eigenvalue weighted by Gasteiger charge is -2.22. The number of hydrogen-bond donors (Lipinski definition) is 4. The van der Waals surface area contributed by atoms with Crippen molar-refractivity contribution in [3.05, 3.63) is 79.9 Å². The van der Waals surface area contributed by atoms with E-state index in [0.29, 0.717) is 12.0 Å². The number of aromatic amines is 1. The molecule has 0 spiro atoms. The molecule has 2 aromatic carbocycles. The van der Waals surface area contributed by atoms with Crippen LogP contribution < -0.4 is 21.8 Å². The number of carbonyl (C=O) groups is 1. The summed E-state index contributed by atoms with van der Waals surface area (Å²) in [7, 11) is 4.60. The van der Waals surface area contributed by atoms with Gasteiger partial charge in [0.15, 0.2) is 5.75 Å². The highest BCUT2D eigenvalue weighted by molar-refractivity contribution is 5.99. The molecule has 3 aromatic rings. The van der Waals surface area contributed by atoms with E-state index in [4.69, 9.17) is 0 Å². The number of nitrogens with one attached hydrogen (secondary N) is 3. The molecular formula is C24H29N5O4. The Kier molecular flexibility index (Phi) is 6.91. The number of phenolic OH excluding ortho intramolecular Hbond substituents is 1. The number of aromatic hydroxyl groups is 1. The third-order valence-corrected chi connectivity index (χ3v) is 5.47. The molecule has 0 bridgehead atoms. The molecule has 0 saturated carbocycles. The van der Waals surface area contributed by atoms with Crippen LogP contribution in [-0.4, -0.2) is 39.8 Å². The summed E-state index contributed by atoms with van der Waals surface area (Å²) in [6, 6.07) is 12.6. The third kappa shape index (κ3) is 4.77. The summed E-state index contributed by atoms with van der Waals surface area (Å²) in [6.45, 7) is 3.70. The number of amides is 1. The largest absolute Gasteiger partial charge is 0.505 e. The molecule has 174 valence electrons. The number of rotatable bonds is 7. The average Bonchev–Trinajstić information content (AvgIpc) is 2.79. The lowest BCUT2D eigenvalue weighted by atomic mass is 10.0. The van der Waals surface area contributed by atoms with Crippen LogP contribution in [-0.2, 0) is 7.05 Å². The van der Waals surface area contributed by atoms with Crippen molar-refractivity contribution in [2.45, 2.75) is 26.3 Å². The molecule has 9 nitrogen and oxygen atoms in total. The topological polar surface area (TPSA) is 119 Å². The van der Waals surface area contributed by atoms with Crippen molar-refractivity contribution in [3.63, 3.8) is 0 Å². The summed E-state index contributed by atoms with van der Waals surface area (Å²) in [4.78, 5) is 39.7. The van der Waals surface area contributed by atoms with E-state index < -0.39 is 11.1 Å². The molecule has 1 atom stereocenters. The summed E-state index contributed by atoms with van der Waals surface area (Å²) in [6.07, 6.45) is 0.662. The van der Waals surface area contributed by atoms with E-state index in [1.165, 1.54) is 18.0 Å². The smallest absolute Gasteiger partial charge is 0.290 e. The fraction of sp³-hybridized carbons (Fsp3) is 0.292. The summed E-state index contributed by atoms with van der Waals surface area (Å²) >= 11 is 0. The highest BCUT2D eigenvalue weighted by atomic mass is 16.3. The molecule has 1 aromatic heterocycles. The van der Waals surface area contributed by atoms with Gasteiger partial charge in [0, 0.05) is 21.1 Å². The van der Waals surface area contributed by atoms with Gasteiger partial charge >= 0.3 is 0 Å². The number of anilines is 3. The number of aromatic nitrogens is 2. The van der Waals surface area contributed by atoms with E-state index in [9.17, 15) is 19.5 Å². The molecule has 0 aliphatic heterocycles. The van der Waals surface area contributed by atoms with Crippen molar-refractivity contribution in [2.75, 3.05) is 24.7 Å². The van der Waals surface area contributed by atoms with Crippen molar-refractivity contribution in [1.29, 1.82) is 0 Å². The van der Waals surface area contributed by atoms with Crippen LogP contribution in [0.2, 0.25) is 0 Å². The van der Waals surface area contributed by atoms with Gasteiger partial charge in [0.2, 0.25) is 0 Å². The van der Waals surface area contributed by atoms with Gasteiger partial charge in [-0.15, -0.1) is 0 Å². The van der Waals surface area contributed by atoms with E-state index in [2.05, 4.69) is 15.7 Å². The molecule has 4 N–H and O–H groups in total. The van der Waals surface area contributed by atoms with Crippen molar-refractivity contribution < 1.29 is 9.90 Å². The van der Waals surface area contributed by atoms with Gasteiger partial charge in [-0.1, -0.05) is 43.3 Å². The number of benzene rings is 2. The highest BCUT2D eigenvalue weighted by Crippen LogP contribution is 2.35. The molecule has 0 saturated heterocycles. The Morgan fingerprint density at radius 3 is 2.36 bits per heavy atom. The van der Waals surface area contributed by atoms with E-state index in [1.54, 1.807) is 27.1 Å². The Morgan fingerprint density at radius 2 is 1.76 bits per heavy atom. The number of carbonyl (C=O) groups excluding carboxylic acids is 1. The zero-order valence-corrected chi connectivity index (χ0v) is 19.4. The van der Waals surface area contributed by atoms with E-state index in [0.717, 1.165) is 10.2 Å². The summed E-state index contributed by atoms with van der Waals surface area (Å²) in [5.41, 5.74) is 0.867. The molecule has 0 aliphatic rings. The lowest BCUT2D eigenvalue weighted by molar-refractivity contribution is 0.0824. The Labute approximate surface area is 191 Å². The minimum atomic E-state index is -0.497. The van der Waals surface area contributed by atoms with Crippen molar-refractivity contribution in [1.82, 2.24) is 14.7 Å². The second-order valence-electron chi connectivity index (χ2n) is 8.05. The molecule has 3 rings (SSSR count). The molecule has 1 heterocycles. The van der Waals surface area contributed by atoms with Crippen molar-refractivity contribution >= 4 is 23.0 Å². The summed E-state index contributed by atoms with van der Waals surface area (Å²) < 4.78 is 1.07. The van der Waals surface area contributed by atoms with Gasteiger partial charge in [-0.3, -0.25) is 24.2 Å². The van der Waals surface area contributed by atoms with Crippen LogP contribution in [0.25, 0.3) is 0 Å². The van der Waals surface area contributed by atoms with Crippen LogP contribution in [0.3, 0.4) is 0 Å². The molecule has 1 unspecified atom stereocenters. The number of phenols is 1. The second kappa shape index (κ2) is 9.64. The third-order valence-electron chi connectivity index (χ3n) is 5.47. The van der Waals surface area contributed by atoms with Gasteiger partial charge in [0.1, 0.15) is 11.4 Å². The van der Waals surface area contributed by atoms with E-state index >= 15 is 0 Å². The minimum Gasteiger partial charge on any atom is -0.505 e. The Bertz CT molecular complexity index is 1280. The normalized spacial score (nSPS) is 11.7. The number of hydrogen-bond acceptors (Lipinski definition) is 6. The first-order chi connectivity index (χ1) is 15.6. The van der Waals surface area contributed by atoms with Crippen LogP contribution in [0.15, 0.2) is 52.1 Å². The predicted octanol–water partition coefficient (Wildman–Crippen LogP) is 3.10. The fourth-order valence-electron chi connectivity index (χ4n) is 3.57. The van der Waals surface area contributed by atoms with Crippen LogP contribution in [0.5, 0.6) is 5.75 Å². The van der Waals surface area contributed by atoms with Crippen molar-refractivity contribution in [2.24, 2.45) is 7.05 Å². The molecule has 33 heavy (non-hydrogen) atoms. The van der Waals surface area contributed by atoms with Gasteiger partial charge in [0.25, 0.3) is 17.0 Å². The highest BCUT2D eigenvalue weighted by Gasteiger charge is 2.22. The standard InChI is InChI=1S/C24H29N5O4/c1-6-17(15-10-8-7-9-11-15)25-19-20(24(33)29(5)27-22(19)31)26-18-14(2)12-13-16(21(18)30)23(32)28(3)4/h7-13,17,25-26,30H,6H2,1-5H3,(H,27,31). The maximum Gasteiger partial charge on any atom is 0.290 e. The molecule has 0 fully saturated rings. The lowest BCUT2D eigenvalue weighted by Crippen LogP contribution is -2.32. The number of H-pyrrole nitrogens is 1. The number of aryl methyl sites for hydroxylation is 2. The van der Waals surface area contributed by atoms with Gasteiger partial charge in [-0.05, 0) is 30.5 Å². The van der Waals surface area contributed by atoms with E-state index in [-0.39, 0.29) is 40.3 Å². The van der Waals surface area contributed by atoms with Gasteiger partial charge in [-0.25, -0.2) is 0 Å². The molecule has 0 radical (unpaired) electrons. The summed E-state index contributed by atoms with van der Waals surface area (Å²) in [5, 5.41) is 19.5. The number of nitrogens with zero attached hydrogens (tertiary/aromatic N) is 2. The maximum absolute atomic E-state index is 13.0. The first-order valence-corrected chi connectivity index (χ1v) is 10.6. The quantitative estimate of drug-likeness (QED) is 0.410. The Morgan fingerprint density at radius 1 is 1.09 bits per heavy atom. The van der Waals surface area contributed by atoms with Crippen LogP contribution in [0.4, 0.5) is 17.1 Å². The van der Waals surface area contributed by atoms with Crippen LogP contribution in [0, 0.1) is 6.92 Å². The zero-order valence-electron chi connectivity index (χ0n) is 19.4. The second-order valence-corrected chi connectivity index (χ2v) is 8.05. The Hall–Kier alpha value is -4.01. The van der Waals surface area contributed by atoms with Gasteiger partial charge in [-0.2, -0.15) is 0 Å². The monoisotopic (exact) mass is 451 g/mol. The van der Waals surface area contributed by atoms with Crippen molar-refractivity contribution in [3.8, 4) is 5.75 Å². The molecule has 0 aliphatic carbocycles. The predicted molar refractivity (Wildman–Crippen MR) is 130 cm³/mol. The maximum atomic E-state index is 13.0. The molecular weight excluding hydrogens is 422 g/mol. The molecule has 9 heteroatoms. The van der Waals surface area contributed by atoms with Crippen LogP contribution >= 0.6 is 0 Å². The van der Waals surface area contributed by atoms with Gasteiger partial charge < -0.3 is 20.6 Å². The summed E-state index contributed by atoms with van der Waals surface area (Å²) in [5.74, 6) is -0.681. The minimum absolute atomic E-state index is 0.0246. The van der Waals surface area contributed by atoms with Crippen LogP contribution in [0.1, 0.15) is 40.9 Å². The van der Waals surface area contributed by atoms with Gasteiger partial charge in [0.05, 0.1) is 17.3 Å². The average molecular weight is 452 g/mol. The first kappa shape index (κ1) is 23.6. The first-order valence-electron chi connectivity index (χ1n) is 10.6. The molecule has 1 amide bonds. The fourth-order valence-corrected chi connectivity index (χ4v) is 3.57. The van der Waals surface area contributed by atoms with E-state index in [1.807, 2.05) is 37.3 Å². The zero-order chi connectivity index (χ0) is 24.3. The SMILES string of the molecule is CCC(Nc1c(Nc2c(C)ccc(C(=O)N(C)C)c2O)c(=O)n(C)[nH]c1=O)c1ccccc1.